The predicted octanol–water partition coefficient (Wildman–Crippen LogP) is 2.63. The first-order valence-electron chi connectivity index (χ1n) is 6.22. The van der Waals surface area contributed by atoms with Gasteiger partial charge in [-0.2, -0.15) is 0 Å². The van der Waals surface area contributed by atoms with E-state index in [1.807, 2.05) is 0 Å². The first-order valence-corrected chi connectivity index (χ1v) is 10.8. The Morgan fingerprint density at radius 1 is 1.26 bits per heavy atom. The molecule has 23 heavy (non-hydrogen) atoms. The number of halogens is 1. The molecule has 0 spiro atoms. The molecule has 0 aliphatic carbocycles. The topological polar surface area (TPSA) is 93.2 Å². The Morgan fingerprint density at radius 2 is 1.87 bits per heavy atom. The van der Waals surface area contributed by atoms with Crippen molar-refractivity contribution >= 4 is 47.6 Å². The van der Waals surface area contributed by atoms with Crippen LogP contribution in [-0.2, 0) is 19.7 Å². The van der Waals surface area contributed by atoms with E-state index in [0.29, 0.717) is 5.02 Å². The highest BCUT2D eigenvalue weighted by atomic mass is 35.5. The van der Waals surface area contributed by atoms with E-state index in [4.69, 9.17) is 11.6 Å². The molecule has 6 nitrogen and oxygen atoms in total. The lowest BCUT2D eigenvalue weighted by Crippen LogP contribution is -2.07. The Balaban J connectivity index is 2.62. The summed E-state index contributed by atoms with van der Waals surface area (Å²) >= 11 is 6.53. The molecule has 1 N–H and O–H groups in total. The SMILES string of the molecule is C=CCNc1sc(S(C)(=O)=O)nc1S(=O)(=O)c1ccc(Cl)cc1. The van der Waals surface area contributed by atoms with E-state index in [1.54, 1.807) is 0 Å². The van der Waals surface area contributed by atoms with Crippen molar-refractivity contribution in [3.8, 4) is 0 Å². The summed E-state index contributed by atoms with van der Waals surface area (Å²) in [7, 11) is -7.60. The normalized spacial score (nSPS) is 12.1. The molecule has 1 aromatic heterocycles. The summed E-state index contributed by atoms with van der Waals surface area (Å²) in [5.41, 5.74) is 0. The van der Waals surface area contributed by atoms with Gasteiger partial charge in [-0.05, 0) is 24.3 Å². The van der Waals surface area contributed by atoms with Crippen molar-refractivity contribution in [3.05, 3.63) is 41.9 Å². The van der Waals surface area contributed by atoms with Crippen LogP contribution in [-0.4, -0.2) is 34.6 Å². The third kappa shape index (κ3) is 3.92. The predicted molar refractivity (Wildman–Crippen MR) is 90.8 cm³/mol. The number of hydrogen-bond donors (Lipinski definition) is 1. The first-order chi connectivity index (χ1) is 10.7. The van der Waals surface area contributed by atoms with Crippen LogP contribution in [0.2, 0.25) is 5.02 Å². The molecule has 0 saturated carbocycles. The lowest BCUT2D eigenvalue weighted by molar-refractivity contribution is 0.591. The van der Waals surface area contributed by atoms with E-state index < -0.39 is 19.7 Å². The highest BCUT2D eigenvalue weighted by Crippen LogP contribution is 2.34. The molecule has 0 radical (unpaired) electrons. The fourth-order valence-corrected chi connectivity index (χ4v) is 5.28. The number of sulfone groups is 2. The van der Waals surface area contributed by atoms with Crippen molar-refractivity contribution in [2.24, 2.45) is 0 Å². The molecule has 2 rings (SSSR count). The standard InChI is InChI=1S/C13H13ClN2O4S3/c1-3-8-15-11-12(16-13(21-11)22(2,17)18)23(19,20)10-6-4-9(14)5-7-10/h3-7,15H,1,8H2,2H3. The number of anilines is 1. The van der Waals surface area contributed by atoms with E-state index in [-0.39, 0.29) is 25.8 Å². The van der Waals surface area contributed by atoms with Crippen LogP contribution in [0, 0.1) is 0 Å². The zero-order valence-electron chi connectivity index (χ0n) is 12.0. The highest BCUT2D eigenvalue weighted by Gasteiger charge is 2.28. The largest absolute Gasteiger partial charge is 0.371 e. The van der Waals surface area contributed by atoms with Gasteiger partial charge in [0.1, 0.15) is 5.00 Å². The Morgan fingerprint density at radius 3 is 2.39 bits per heavy atom. The Hall–Kier alpha value is -1.42. The number of hydrogen-bond acceptors (Lipinski definition) is 7. The van der Waals surface area contributed by atoms with Gasteiger partial charge in [0.2, 0.25) is 24.0 Å². The summed E-state index contributed by atoms with van der Waals surface area (Å²) in [6.07, 6.45) is 2.50. The minimum atomic E-state index is -3.98. The molecular weight excluding hydrogens is 380 g/mol. The molecule has 1 heterocycles. The molecule has 2 aromatic rings. The molecule has 0 atom stereocenters. The van der Waals surface area contributed by atoms with Crippen LogP contribution < -0.4 is 5.32 Å². The summed E-state index contributed by atoms with van der Waals surface area (Å²) in [5.74, 6) is 0. The summed E-state index contributed by atoms with van der Waals surface area (Å²) in [6, 6.07) is 5.56. The van der Waals surface area contributed by atoms with Crippen LogP contribution in [0.15, 0.2) is 51.2 Å². The molecular formula is C13H13ClN2O4S3. The molecule has 0 fully saturated rings. The molecule has 0 aliphatic rings. The third-order valence-electron chi connectivity index (χ3n) is 2.68. The zero-order chi connectivity index (χ0) is 17.3. The summed E-state index contributed by atoms with van der Waals surface area (Å²) in [5, 5.41) is 3.03. The number of benzene rings is 1. The van der Waals surface area contributed by atoms with Crippen LogP contribution in [0.5, 0.6) is 0 Å². The smallest absolute Gasteiger partial charge is 0.226 e. The molecule has 0 aliphatic heterocycles. The highest BCUT2D eigenvalue weighted by molar-refractivity contribution is 7.93. The first kappa shape index (κ1) is 17.9. The zero-order valence-corrected chi connectivity index (χ0v) is 15.2. The van der Waals surface area contributed by atoms with Gasteiger partial charge in [-0.1, -0.05) is 29.0 Å². The number of nitrogens with zero attached hydrogens (tertiary/aromatic N) is 1. The maximum Gasteiger partial charge on any atom is 0.226 e. The number of aromatic nitrogens is 1. The molecule has 10 heteroatoms. The fourth-order valence-electron chi connectivity index (χ4n) is 1.63. The maximum absolute atomic E-state index is 12.7. The quantitative estimate of drug-likeness (QED) is 0.759. The van der Waals surface area contributed by atoms with Gasteiger partial charge < -0.3 is 5.32 Å². The summed E-state index contributed by atoms with van der Waals surface area (Å²) in [4.78, 5) is 3.80. The second-order valence-corrected chi connectivity index (χ2v) is 10.0. The van der Waals surface area contributed by atoms with E-state index in [2.05, 4.69) is 16.9 Å². The Labute approximate surface area is 143 Å². The van der Waals surface area contributed by atoms with Crippen LogP contribution in [0.25, 0.3) is 0 Å². The summed E-state index contributed by atoms with van der Waals surface area (Å²) < 4.78 is 48.5. The van der Waals surface area contributed by atoms with Crippen molar-refractivity contribution in [2.75, 3.05) is 18.1 Å². The van der Waals surface area contributed by atoms with Crippen molar-refractivity contribution in [1.29, 1.82) is 0 Å². The van der Waals surface area contributed by atoms with Crippen molar-refractivity contribution in [3.63, 3.8) is 0 Å². The van der Waals surface area contributed by atoms with E-state index in [0.717, 1.165) is 17.6 Å². The van der Waals surface area contributed by atoms with Gasteiger partial charge in [0.25, 0.3) is 0 Å². The van der Waals surface area contributed by atoms with Gasteiger partial charge in [0.15, 0.2) is 5.03 Å². The molecule has 0 unspecified atom stereocenters. The molecule has 0 bridgehead atoms. The monoisotopic (exact) mass is 392 g/mol. The number of rotatable bonds is 6. The minimum Gasteiger partial charge on any atom is -0.371 e. The van der Waals surface area contributed by atoms with Gasteiger partial charge in [-0.3, -0.25) is 0 Å². The van der Waals surface area contributed by atoms with Gasteiger partial charge in [0, 0.05) is 17.8 Å². The Bertz CT molecular complexity index is 932. The molecule has 124 valence electrons. The van der Waals surface area contributed by atoms with Gasteiger partial charge in [-0.15, -0.1) is 6.58 Å². The maximum atomic E-state index is 12.7. The number of thiazole rings is 1. The van der Waals surface area contributed by atoms with Crippen LogP contribution in [0.4, 0.5) is 5.00 Å². The lowest BCUT2D eigenvalue weighted by Gasteiger charge is -2.05. The fraction of sp³-hybridized carbons (Fsp3) is 0.154. The second kappa shape index (κ2) is 6.60. The third-order valence-corrected chi connectivity index (χ3v) is 7.45. The van der Waals surface area contributed by atoms with Gasteiger partial charge in [0.05, 0.1) is 4.90 Å². The average molecular weight is 393 g/mol. The van der Waals surface area contributed by atoms with Gasteiger partial charge in [-0.25, -0.2) is 21.8 Å². The molecule has 1 aromatic carbocycles. The molecule has 0 amide bonds. The van der Waals surface area contributed by atoms with E-state index in [9.17, 15) is 16.8 Å². The van der Waals surface area contributed by atoms with Gasteiger partial charge >= 0.3 is 0 Å². The van der Waals surface area contributed by atoms with E-state index in [1.165, 1.54) is 30.3 Å². The van der Waals surface area contributed by atoms with E-state index >= 15 is 0 Å². The molecule has 0 saturated heterocycles. The van der Waals surface area contributed by atoms with Crippen molar-refractivity contribution in [2.45, 2.75) is 14.3 Å². The average Bonchev–Trinajstić information content (AvgIpc) is 2.90. The number of nitrogens with one attached hydrogen (secondary N) is 1. The second-order valence-electron chi connectivity index (χ2n) is 4.51. The van der Waals surface area contributed by atoms with Crippen LogP contribution in [0.3, 0.4) is 0 Å². The lowest BCUT2D eigenvalue weighted by atomic mass is 10.4. The van der Waals surface area contributed by atoms with Crippen molar-refractivity contribution < 1.29 is 16.8 Å². The minimum absolute atomic E-state index is 0.0195. The van der Waals surface area contributed by atoms with Crippen LogP contribution in [0.1, 0.15) is 0 Å². The Kier molecular flexibility index (Phi) is 5.14. The van der Waals surface area contributed by atoms with Crippen LogP contribution >= 0.6 is 22.9 Å². The summed E-state index contributed by atoms with van der Waals surface area (Å²) in [6.45, 7) is 3.80. The van der Waals surface area contributed by atoms with Crippen molar-refractivity contribution in [1.82, 2.24) is 4.98 Å².